The summed E-state index contributed by atoms with van der Waals surface area (Å²) in [5.41, 5.74) is 4.79. The summed E-state index contributed by atoms with van der Waals surface area (Å²) in [6, 6.07) is 2.42. The highest BCUT2D eigenvalue weighted by Crippen LogP contribution is 2.28. The van der Waals surface area contributed by atoms with Gasteiger partial charge in [0.2, 0.25) is 0 Å². The zero-order valence-electron chi connectivity index (χ0n) is 12.0. The van der Waals surface area contributed by atoms with Crippen molar-refractivity contribution in [2.75, 3.05) is 11.9 Å². The summed E-state index contributed by atoms with van der Waals surface area (Å²) in [7, 11) is 0. The summed E-state index contributed by atoms with van der Waals surface area (Å²) in [5, 5.41) is 32.9. The molecule has 0 aliphatic heterocycles. The second-order valence-corrected chi connectivity index (χ2v) is 4.58. The van der Waals surface area contributed by atoms with Crippen molar-refractivity contribution in [2.45, 2.75) is 25.3 Å². The van der Waals surface area contributed by atoms with E-state index in [1.165, 1.54) is 12.1 Å². The van der Waals surface area contributed by atoms with E-state index >= 15 is 0 Å². The molecule has 1 aromatic carbocycles. The Labute approximate surface area is 137 Å². The number of carboxylic acids is 1. The fraction of sp³-hybridized carbons (Fsp3) is 0.417. The van der Waals surface area contributed by atoms with E-state index in [0.717, 1.165) is 6.07 Å². The second-order valence-electron chi connectivity index (χ2n) is 4.58. The summed E-state index contributed by atoms with van der Waals surface area (Å²) in [6.07, 6.45) is 1.41. The number of benzene rings is 1. The van der Waals surface area contributed by atoms with Crippen molar-refractivity contribution in [3.63, 3.8) is 0 Å². The highest BCUT2D eigenvalue weighted by Gasteiger charge is 2.19. The highest BCUT2D eigenvalue weighted by atomic mass is 35.5. The molecule has 10 nitrogen and oxygen atoms in total. The molecule has 11 heteroatoms. The van der Waals surface area contributed by atoms with Crippen LogP contribution in [0.2, 0.25) is 0 Å². The average molecular weight is 349 g/mol. The van der Waals surface area contributed by atoms with Gasteiger partial charge in [0.1, 0.15) is 11.7 Å². The maximum absolute atomic E-state index is 10.9. The van der Waals surface area contributed by atoms with Gasteiger partial charge in [0.15, 0.2) is 0 Å². The third kappa shape index (κ3) is 6.45. The second kappa shape index (κ2) is 9.54. The van der Waals surface area contributed by atoms with Gasteiger partial charge in [0.25, 0.3) is 11.4 Å². The van der Waals surface area contributed by atoms with Gasteiger partial charge in [0.05, 0.1) is 15.9 Å². The van der Waals surface area contributed by atoms with E-state index in [4.69, 9.17) is 10.8 Å². The monoisotopic (exact) mass is 348 g/mol. The number of aliphatic carboxylic acids is 1. The molecule has 128 valence electrons. The number of halogens is 1. The lowest BCUT2D eigenvalue weighted by Gasteiger charge is -2.08. The lowest BCUT2D eigenvalue weighted by atomic mass is 10.1. The molecule has 0 radical (unpaired) electrons. The maximum Gasteiger partial charge on any atom is 0.320 e. The standard InChI is InChI=1S/C12H16N4O6.ClH/c13-9(12(17)18)3-1-2-6-14-10-5-4-8(15(19)20)7-11(10)16(21)22;/h4-5,7,9,14H,1-3,6,13H2,(H,17,18);1H/t9-;/m0./s1. The molecule has 0 aromatic heterocycles. The third-order valence-corrected chi connectivity index (χ3v) is 2.96. The normalized spacial score (nSPS) is 11.2. The number of nitro benzene ring substituents is 2. The third-order valence-electron chi connectivity index (χ3n) is 2.96. The molecule has 0 fully saturated rings. The molecule has 0 aliphatic carbocycles. The summed E-state index contributed by atoms with van der Waals surface area (Å²) < 4.78 is 0. The quantitative estimate of drug-likeness (QED) is 0.346. The van der Waals surface area contributed by atoms with Crippen molar-refractivity contribution in [3.05, 3.63) is 38.4 Å². The van der Waals surface area contributed by atoms with E-state index in [2.05, 4.69) is 5.32 Å². The van der Waals surface area contributed by atoms with Gasteiger partial charge in [-0.1, -0.05) is 0 Å². The zero-order chi connectivity index (χ0) is 16.7. The average Bonchev–Trinajstić information content (AvgIpc) is 2.46. The first-order valence-electron chi connectivity index (χ1n) is 6.48. The summed E-state index contributed by atoms with van der Waals surface area (Å²) in [4.78, 5) is 30.6. The van der Waals surface area contributed by atoms with E-state index in [9.17, 15) is 25.0 Å². The smallest absolute Gasteiger partial charge is 0.320 e. The zero-order valence-corrected chi connectivity index (χ0v) is 12.8. The molecule has 0 saturated carbocycles. The van der Waals surface area contributed by atoms with Gasteiger partial charge in [-0.25, -0.2) is 0 Å². The highest BCUT2D eigenvalue weighted by molar-refractivity contribution is 5.85. The van der Waals surface area contributed by atoms with Crippen molar-refractivity contribution < 1.29 is 19.7 Å². The van der Waals surface area contributed by atoms with Crippen LogP contribution in [0, 0.1) is 20.2 Å². The SMILES string of the molecule is Cl.N[C@@H](CCCCNc1ccc([N+](=O)[O-])cc1[N+](=O)[O-])C(=O)O. The Balaban J connectivity index is 0.00000484. The predicted octanol–water partition coefficient (Wildman–Crippen LogP) is 1.92. The minimum atomic E-state index is -1.07. The first-order valence-corrected chi connectivity index (χ1v) is 6.48. The van der Waals surface area contributed by atoms with Crippen LogP contribution in [0.1, 0.15) is 19.3 Å². The van der Waals surface area contributed by atoms with Gasteiger partial charge in [-0.2, -0.15) is 0 Å². The molecule has 23 heavy (non-hydrogen) atoms. The number of nitrogens with two attached hydrogens (primary N) is 1. The van der Waals surface area contributed by atoms with Crippen LogP contribution < -0.4 is 11.1 Å². The van der Waals surface area contributed by atoms with Gasteiger partial charge in [-0.3, -0.25) is 25.0 Å². The van der Waals surface area contributed by atoms with Crippen LogP contribution in [0.15, 0.2) is 18.2 Å². The number of unbranched alkanes of at least 4 members (excludes halogenated alkanes) is 1. The number of rotatable bonds is 9. The number of hydrogen-bond donors (Lipinski definition) is 3. The van der Waals surface area contributed by atoms with E-state index in [1.807, 2.05) is 0 Å². The van der Waals surface area contributed by atoms with Crippen LogP contribution in [0.25, 0.3) is 0 Å². The van der Waals surface area contributed by atoms with Crippen LogP contribution in [-0.2, 0) is 4.79 Å². The molecule has 0 saturated heterocycles. The molecule has 1 rings (SSSR count). The molecule has 0 unspecified atom stereocenters. The van der Waals surface area contributed by atoms with Crippen LogP contribution >= 0.6 is 12.4 Å². The Bertz CT molecular complexity index is 583. The number of nitro groups is 2. The predicted molar refractivity (Wildman–Crippen MR) is 85.0 cm³/mol. The molecule has 0 heterocycles. The van der Waals surface area contributed by atoms with Crippen molar-refractivity contribution in [2.24, 2.45) is 5.73 Å². The Morgan fingerprint density at radius 3 is 2.43 bits per heavy atom. The van der Waals surface area contributed by atoms with Gasteiger partial charge in [-0.15, -0.1) is 12.4 Å². The van der Waals surface area contributed by atoms with E-state index < -0.39 is 21.9 Å². The molecule has 0 bridgehead atoms. The first kappa shape index (κ1) is 20.5. The Hall–Kier alpha value is -2.46. The largest absolute Gasteiger partial charge is 0.480 e. The maximum atomic E-state index is 10.9. The van der Waals surface area contributed by atoms with Crippen molar-refractivity contribution in [3.8, 4) is 0 Å². The summed E-state index contributed by atoms with van der Waals surface area (Å²) >= 11 is 0. The van der Waals surface area contributed by atoms with Gasteiger partial charge in [-0.05, 0) is 25.3 Å². The fourth-order valence-electron chi connectivity index (χ4n) is 1.77. The number of non-ortho nitro benzene ring substituents is 1. The van der Waals surface area contributed by atoms with Gasteiger partial charge in [0, 0.05) is 12.6 Å². The molecule has 4 N–H and O–H groups in total. The van der Waals surface area contributed by atoms with E-state index in [1.54, 1.807) is 0 Å². The van der Waals surface area contributed by atoms with Crippen LogP contribution in [0.4, 0.5) is 17.1 Å². The molecule has 0 spiro atoms. The number of nitrogens with one attached hydrogen (secondary N) is 1. The van der Waals surface area contributed by atoms with Crippen LogP contribution in [0.3, 0.4) is 0 Å². The summed E-state index contributed by atoms with van der Waals surface area (Å²) in [5.74, 6) is -1.07. The van der Waals surface area contributed by atoms with E-state index in [0.29, 0.717) is 25.8 Å². The number of carboxylic acid groups (broad SMARTS) is 1. The number of anilines is 1. The minimum Gasteiger partial charge on any atom is -0.480 e. The molecule has 1 atom stereocenters. The van der Waals surface area contributed by atoms with Gasteiger partial charge < -0.3 is 16.2 Å². The fourth-order valence-corrected chi connectivity index (χ4v) is 1.77. The molecule has 0 aliphatic rings. The Morgan fingerprint density at radius 2 is 1.91 bits per heavy atom. The lowest BCUT2D eigenvalue weighted by molar-refractivity contribution is -0.393. The molecule has 1 aromatic rings. The summed E-state index contributed by atoms with van der Waals surface area (Å²) in [6.45, 7) is 0.366. The number of carbonyl (C=O) groups is 1. The van der Waals surface area contributed by atoms with Crippen molar-refractivity contribution >= 4 is 35.4 Å². The minimum absolute atomic E-state index is 0. The molecule has 0 amide bonds. The number of hydrogen-bond acceptors (Lipinski definition) is 7. The molecular formula is C12H17ClN4O6. The Morgan fingerprint density at radius 1 is 1.26 bits per heavy atom. The van der Waals surface area contributed by atoms with Gasteiger partial charge >= 0.3 is 5.97 Å². The van der Waals surface area contributed by atoms with E-state index in [-0.39, 0.29) is 29.5 Å². The first-order chi connectivity index (χ1) is 10.3. The number of nitrogens with zero attached hydrogens (tertiary/aromatic N) is 2. The van der Waals surface area contributed by atoms with Crippen molar-refractivity contribution in [1.82, 2.24) is 0 Å². The lowest BCUT2D eigenvalue weighted by Crippen LogP contribution is -2.29. The Kier molecular flexibility index (Phi) is 8.52. The topological polar surface area (TPSA) is 162 Å². The van der Waals surface area contributed by atoms with Crippen molar-refractivity contribution in [1.29, 1.82) is 0 Å². The van der Waals surface area contributed by atoms with Crippen LogP contribution in [-0.4, -0.2) is 33.5 Å². The van der Waals surface area contributed by atoms with Crippen LogP contribution in [0.5, 0.6) is 0 Å². The molecular weight excluding hydrogens is 332 g/mol.